The molecule has 0 saturated heterocycles. The molecule has 0 N–H and O–H groups in total. The number of hydrogen-bond donors (Lipinski definition) is 0. The molecule has 4 nitrogen and oxygen atoms in total. The maximum atomic E-state index is 12.7. The van der Waals surface area contributed by atoms with Crippen LogP contribution in [-0.4, -0.2) is 29.0 Å². The second kappa shape index (κ2) is 9.96. The van der Waals surface area contributed by atoms with Gasteiger partial charge in [-0.1, -0.05) is 12.1 Å². The fourth-order valence-corrected chi connectivity index (χ4v) is 4.16. The highest BCUT2D eigenvalue weighted by molar-refractivity contribution is 7.11. The van der Waals surface area contributed by atoms with Gasteiger partial charge in [0.1, 0.15) is 5.69 Å². The van der Waals surface area contributed by atoms with E-state index in [1.807, 2.05) is 13.0 Å². The normalized spacial score (nSPS) is 11.9. The zero-order valence-corrected chi connectivity index (χ0v) is 18.1. The minimum absolute atomic E-state index is 0.0203. The molecular weight excluding hydrogens is 423 g/mol. The van der Waals surface area contributed by atoms with Gasteiger partial charge in [-0.05, 0) is 49.1 Å². The second-order valence-corrected chi connectivity index (χ2v) is 8.35. The van der Waals surface area contributed by atoms with E-state index in [9.17, 15) is 18.0 Å². The molecular formula is C23H22F3N3OS. The summed E-state index contributed by atoms with van der Waals surface area (Å²) in [6, 6.07) is 6.99. The van der Waals surface area contributed by atoms with E-state index < -0.39 is 11.7 Å². The number of Topliss-reactive ketones (excluding diaryl/α,β-unsaturated/α-hetero) is 1. The first kappa shape index (κ1) is 22.8. The average molecular weight is 446 g/mol. The summed E-state index contributed by atoms with van der Waals surface area (Å²) in [5.74, 6) is -0.0203. The number of aryl methyl sites for hydroxylation is 2. The third-order valence-corrected chi connectivity index (χ3v) is 5.85. The molecule has 0 amide bonds. The molecule has 0 aliphatic heterocycles. The number of ketones is 1. The molecule has 31 heavy (non-hydrogen) atoms. The van der Waals surface area contributed by atoms with Gasteiger partial charge in [0.2, 0.25) is 0 Å². The molecule has 0 bridgehead atoms. The Morgan fingerprint density at radius 2 is 1.90 bits per heavy atom. The fourth-order valence-electron chi connectivity index (χ4n) is 3.16. The molecule has 3 rings (SSSR count). The van der Waals surface area contributed by atoms with Crippen molar-refractivity contribution in [3.63, 3.8) is 0 Å². The van der Waals surface area contributed by atoms with Gasteiger partial charge in [0.15, 0.2) is 5.78 Å². The molecule has 1 aromatic carbocycles. The topological polar surface area (TPSA) is 55.2 Å². The van der Waals surface area contributed by atoms with E-state index in [0.29, 0.717) is 31.4 Å². The first-order valence-corrected chi connectivity index (χ1v) is 10.6. The predicted octanol–water partition coefficient (Wildman–Crippen LogP) is 5.71. The Hall–Kier alpha value is -2.87. The largest absolute Gasteiger partial charge is 0.416 e. The third kappa shape index (κ3) is 6.07. The first-order chi connectivity index (χ1) is 14.8. The van der Waals surface area contributed by atoms with Crippen LogP contribution in [0.25, 0.3) is 0 Å². The van der Waals surface area contributed by atoms with Gasteiger partial charge >= 0.3 is 6.18 Å². The lowest BCUT2D eigenvalue weighted by atomic mass is 10.0. The number of nitrogens with zero attached hydrogens (tertiary/aromatic N) is 3. The molecule has 0 radical (unpaired) electrons. The number of aliphatic imine (C=N–C) groups is 1. The van der Waals surface area contributed by atoms with Crippen LogP contribution in [0.2, 0.25) is 0 Å². The first-order valence-electron chi connectivity index (χ1n) is 9.78. The molecule has 0 spiro atoms. The minimum atomic E-state index is -4.33. The van der Waals surface area contributed by atoms with E-state index in [4.69, 9.17) is 0 Å². The Bertz CT molecular complexity index is 1070. The van der Waals surface area contributed by atoms with E-state index in [2.05, 4.69) is 15.0 Å². The van der Waals surface area contributed by atoms with Gasteiger partial charge in [0, 0.05) is 48.9 Å². The lowest BCUT2D eigenvalue weighted by Gasteiger charge is -2.07. The quantitative estimate of drug-likeness (QED) is 0.330. The van der Waals surface area contributed by atoms with Gasteiger partial charge in [-0.15, -0.1) is 11.3 Å². The average Bonchev–Trinajstić information content (AvgIpc) is 3.16. The number of rotatable bonds is 8. The Kier molecular flexibility index (Phi) is 7.33. The number of carbonyl (C=O) groups is 1. The number of hydrogen-bond acceptors (Lipinski definition) is 5. The SMILES string of the molecule is CN=Cc1c(C)ccnc1C(=O)CCCc1cnc(Cc2ccc(C(F)(F)F)cc2)s1. The van der Waals surface area contributed by atoms with Crippen LogP contribution < -0.4 is 0 Å². The summed E-state index contributed by atoms with van der Waals surface area (Å²) in [7, 11) is 1.66. The Labute approximate surface area is 182 Å². The fraction of sp³-hybridized carbons (Fsp3) is 0.304. The molecule has 0 fully saturated rings. The molecule has 2 aromatic heterocycles. The summed E-state index contributed by atoms with van der Waals surface area (Å²) in [4.78, 5) is 26.3. The molecule has 0 aliphatic rings. The van der Waals surface area contributed by atoms with Crippen LogP contribution in [0.4, 0.5) is 13.2 Å². The summed E-state index contributed by atoms with van der Waals surface area (Å²) in [5.41, 5.74) is 2.28. The molecule has 8 heteroatoms. The number of alkyl halides is 3. The van der Waals surface area contributed by atoms with Crippen molar-refractivity contribution in [1.82, 2.24) is 9.97 Å². The number of benzene rings is 1. The number of carbonyl (C=O) groups excluding carboxylic acids is 1. The van der Waals surface area contributed by atoms with Gasteiger partial charge in [0.25, 0.3) is 0 Å². The van der Waals surface area contributed by atoms with E-state index >= 15 is 0 Å². The lowest BCUT2D eigenvalue weighted by molar-refractivity contribution is -0.137. The molecule has 3 aromatic rings. The van der Waals surface area contributed by atoms with E-state index in [0.717, 1.165) is 38.7 Å². The van der Waals surface area contributed by atoms with Gasteiger partial charge in [-0.25, -0.2) is 4.98 Å². The van der Waals surface area contributed by atoms with Crippen LogP contribution in [0.5, 0.6) is 0 Å². The van der Waals surface area contributed by atoms with E-state index in [1.54, 1.807) is 25.7 Å². The van der Waals surface area contributed by atoms with Gasteiger partial charge in [-0.2, -0.15) is 13.2 Å². The Balaban J connectivity index is 1.55. The summed E-state index contributed by atoms with van der Waals surface area (Å²) >= 11 is 1.52. The number of aromatic nitrogens is 2. The monoisotopic (exact) mass is 445 g/mol. The van der Waals surface area contributed by atoms with Crippen molar-refractivity contribution in [2.75, 3.05) is 7.05 Å². The van der Waals surface area contributed by atoms with E-state index in [-0.39, 0.29) is 5.78 Å². The smallest absolute Gasteiger partial charge is 0.296 e. The van der Waals surface area contributed by atoms with Crippen LogP contribution in [0.15, 0.2) is 47.7 Å². The van der Waals surface area contributed by atoms with Crippen molar-refractivity contribution in [1.29, 1.82) is 0 Å². The van der Waals surface area contributed by atoms with Crippen molar-refractivity contribution < 1.29 is 18.0 Å². The predicted molar refractivity (Wildman–Crippen MR) is 116 cm³/mol. The summed E-state index contributed by atoms with van der Waals surface area (Å²) < 4.78 is 38.0. The summed E-state index contributed by atoms with van der Waals surface area (Å²) in [6.45, 7) is 1.92. The highest BCUT2D eigenvalue weighted by atomic mass is 32.1. The minimum Gasteiger partial charge on any atom is -0.296 e. The van der Waals surface area contributed by atoms with Crippen LogP contribution in [-0.2, 0) is 19.0 Å². The number of halogens is 3. The van der Waals surface area contributed by atoms with Crippen molar-refractivity contribution >= 4 is 23.3 Å². The molecule has 0 unspecified atom stereocenters. The maximum absolute atomic E-state index is 12.7. The summed E-state index contributed by atoms with van der Waals surface area (Å²) in [5, 5.41) is 0.836. The highest BCUT2D eigenvalue weighted by Gasteiger charge is 2.29. The third-order valence-electron chi connectivity index (χ3n) is 4.80. The molecule has 0 atom stereocenters. The van der Waals surface area contributed by atoms with Crippen LogP contribution >= 0.6 is 11.3 Å². The van der Waals surface area contributed by atoms with Crippen molar-refractivity contribution in [3.05, 3.63) is 80.6 Å². The second-order valence-electron chi connectivity index (χ2n) is 7.15. The van der Waals surface area contributed by atoms with Gasteiger partial charge < -0.3 is 0 Å². The molecule has 0 aliphatic carbocycles. The van der Waals surface area contributed by atoms with Gasteiger partial charge in [-0.3, -0.25) is 14.8 Å². The molecule has 2 heterocycles. The number of pyridine rings is 1. The molecule has 0 saturated carbocycles. The highest BCUT2D eigenvalue weighted by Crippen LogP contribution is 2.29. The maximum Gasteiger partial charge on any atom is 0.416 e. The zero-order valence-electron chi connectivity index (χ0n) is 17.2. The van der Waals surface area contributed by atoms with Crippen molar-refractivity contribution in [2.45, 2.75) is 38.8 Å². The Morgan fingerprint density at radius 3 is 2.58 bits per heavy atom. The van der Waals surface area contributed by atoms with Crippen molar-refractivity contribution in [2.24, 2.45) is 4.99 Å². The zero-order chi connectivity index (χ0) is 22.4. The number of thiazole rings is 1. The standard InChI is InChI=1S/C23H22F3N3OS/c1-15-10-11-28-22(19(15)14-27-2)20(30)5-3-4-18-13-29-21(31-18)12-16-6-8-17(9-7-16)23(24,25)26/h6-11,13-14H,3-5,12H2,1-2H3. The van der Waals surface area contributed by atoms with Crippen LogP contribution in [0.1, 0.15) is 55.5 Å². The van der Waals surface area contributed by atoms with E-state index in [1.165, 1.54) is 23.5 Å². The lowest BCUT2D eigenvalue weighted by Crippen LogP contribution is -2.08. The molecule has 162 valence electrons. The summed E-state index contributed by atoms with van der Waals surface area (Å²) in [6.07, 6.45) is 2.95. The van der Waals surface area contributed by atoms with Crippen LogP contribution in [0.3, 0.4) is 0 Å². The Morgan fingerprint density at radius 1 is 1.16 bits per heavy atom. The van der Waals surface area contributed by atoms with Gasteiger partial charge in [0.05, 0.1) is 10.6 Å². The van der Waals surface area contributed by atoms with Crippen LogP contribution in [0, 0.1) is 6.92 Å². The van der Waals surface area contributed by atoms with Crippen molar-refractivity contribution in [3.8, 4) is 0 Å².